The van der Waals surface area contributed by atoms with E-state index in [1.54, 1.807) is 36.4 Å². The van der Waals surface area contributed by atoms with Crippen molar-refractivity contribution in [1.82, 2.24) is 65.3 Å². The van der Waals surface area contributed by atoms with Crippen molar-refractivity contribution in [2.24, 2.45) is 5.92 Å². The third kappa shape index (κ3) is 32.9. The number of aromatic amines is 2. The molecular weight excluding hydrogens is 1460 g/mol. The summed E-state index contributed by atoms with van der Waals surface area (Å²) in [5, 5.41) is 56.9. The van der Waals surface area contributed by atoms with E-state index in [1.807, 2.05) is 18.7 Å². The van der Waals surface area contributed by atoms with Gasteiger partial charge in [0.1, 0.15) is 6.04 Å². The lowest BCUT2D eigenvalue weighted by atomic mass is 9.99. The van der Waals surface area contributed by atoms with Crippen LogP contribution in [-0.4, -0.2) is 356 Å². The molecule has 2 aromatic carbocycles. The van der Waals surface area contributed by atoms with Gasteiger partial charge in [0.2, 0.25) is 34.7 Å². The van der Waals surface area contributed by atoms with Gasteiger partial charge in [-0.1, -0.05) is 0 Å². The highest BCUT2D eigenvalue weighted by molar-refractivity contribution is 8.71. The van der Waals surface area contributed by atoms with E-state index in [0.717, 1.165) is 28.2 Å². The topological polar surface area (TPSA) is 510 Å². The van der Waals surface area contributed by atoms with Crippen LogP contribution in [0.3, 0.4) is 0 Å². The standard InChI is InChI=1S/C36H48N8O11.C32H47N7O12S2/c1-24-18-25(19-28-26(24)2-6-31(47)38-28)37-33(49)20-43(22-35(51)52)12-10-41-8-9-42(15-17-55-16-14-41)11-13-44(23-36(53)54)21-34(50)40-39-32(48)7-3-27-29(45)4-5-30(27)46;1-22-15-23(16-25-24(22)3-4-27(40)34-25)33-28(41)17-38(19-30(43)44)9-7-36-5-6-37(12-14-51-13-11-36)8-10-39(20-31(45)46)18-29(42)35-26(32(47)48)21-52-53(2,49)50/h2,4-6,18-19,27H,3,7-17,20-23H2,1H3,(H,37,49)(H,38,47)(H,39,48)(H,40,50)(H,51,52)(H,53,54);3-4,15-16,26H,5-14,17-21H2,1-2H3,(H,33,41)(H,34,40)(H,35,42)(H,43,44)(H,45,46)(H,47,48). The first-order valence-corrected chi connectivity index (χ1v) is 38.0. The van der Waals surface area contributed by atoms with Crippen LogP contribution in [-0.2, 0) is 75.9 Å². The second kappa shape index (κ2) is 44.1. The third-order valence-electron chi connectivity index (χ3n) is 17.3. The number of ketones is 2. The average molecular weight is 1550 g/mol. The second-order valence-electron chi connectivity index (χ2n) is 26.0. The molecular formula is C68H95N15O23S2. The van der Waals surface area contributed by atoms with Gasteiger partial charge in [-0.25, -0.2) is 13.2 Å². The Bertz CT molecular complexity index is 4110. The Morgan fingerprint density at radius 3 is 1.20 bits per heavy atom. The Hall–Kier alpha value is -9.46. The molecule has 592 valence electrons. The summed E-state index contributed by atoms with van der Waals surface area (Å²) in [6.07, 6.45) is 3.10. The molecule has 12 N–H and O–H groups in total. The van der Waals surface area contributed by atoms with E-state index in [4.69, 9.17) is 9.47 Å². The number of carbonyl (C=O) groups excluding carboxylic acids is 7. The van der Waals surface area contributed by atoms with E-state index in [9.17, 15) is 101 Å². The van der Waals surface area contributed by atoms with Crippen LogP contribution in [0.25, 0.3) is 21.8 Å². The number of carbonyl (C=O) groups is 12. The Balaban J connectivity index is 0.000000338. The molecule has 5 amide bonds. The molecule has 38 nitrogen and oxygen atoms in total. The molecule has 7 rings (SSSR count). The summed E-state index contributed by atoms with van der Waals surface area (Å²) in [4.78, 5) is 188. The fourth-order valence-corrected chi connectivity index (χ4v) is 13.6. The number of amides is 5. The second-order valence-corrected chi connectivity index (χ2v) is 30.5. The highest BCUT2D eigenvalue weighted by Crippen LogP contribution is 2.23. The normalized spacial score (nSPS) is 15.7. The van der Waals surface area contributed by atoms with Crippen LogP contribution >= 0.6 is 10.8 Å². The van der Waals surface area contributed by atoms with Crippen molar-refractivity contribution in [3.63, 3.8) is 0 Å². The van der Waals surface area contributed by atoms with E-state index >= 15 is 0 Å². The number of ether oxygens (including phenoxy) is 2. The molecule has 0 spiro atoms. The van der Waals surface area contributed by atoms with Crippen LogP contribution in [0.5, 0.6) is 0 Å². The van der Waals surface area contributed by atoms with Crippen LogP contribution in [0.2, 0.25) is 0 Å². The fourth-order valence-electron chi connectivity index (χ4n) is 11.9. The maximum Gasteiger partial charge on any atom is 0.327 e. The van der Waals surface area contributed by atoms with Gasteiger partial charge in [0.15, 0.2) is 20.4 Å². The number of hydrazine groups is 1. The molecule has 2 aromatic heterocycles. The van der Waals surface area contributed by atoms with Crippen molar-refractivity contribution in [3.8, 4) is 0 Å². The van der Waals surface area contributed by atoms with Crippen LogP contribution < -0.4 is 37.9 Å². The average Bonchev–Trinajstić information content (AvgIpc) is 1.04. The number of hydrogen-bond acceptors (Lipinski definition) is 27. The van der Waals surface area contributed by atoms with Crippen molar-refractivity contribution in [2.45, 2.75) is 32.7 Å². The van der Waals surface area contributed by atoms with Gasteiger partial charge in [0.25, 0.3) is 5.91 Å². The molecule has 1 unspecified atom stereocenters. The van der Waals surface area contributed by atoms with Crippen LogP contribution in [0.1, 0.15) is 24.0 Å². The van der Waals surface area contributed by atoms with Gasteiger partial charge in [0.05, 0.1) is 95.7 Å². The Morgan fingerprint density at radius 2 is 0.852 bits per heavy atom. The highest BCUT2D eigenvalue weighted by Gasteiger charge is 2.30. The molecule has 108 heavy (non-hydrogen) atoms. The summed E-state index contributed by atoms with van der Waals surface area (Å²) in [5.74, 6) is -10.8. The molecule has 4 heterocycles. The van der Waals surface area contributed by atoms with E-state index in [0.29, 0.717) is 138 Å². The van der Waals surface area contributed by atoms with E-state index in [1.165, 1.54) is 43.9 Å². The quantitative estimate of drug-likeness (QED) is 0.0120. The first-order valence-electron chi connectivity index (χ1n) is 34.6. The summed E-state index contributed by atoms with van der Waals surface area (Å²) >= 11 is 0. The predicted octanol–water partition coefficient (Wildman–Crippen LogP) is -3.12. The first-order chi connectivity index (χ1) is 51.2. The molecule has 0 bridgehead atoms. The summed E-state index contributed by atoms with van der Waals surface area (Å²) in [5.41, 5.74) is 7.69. The van der Waals surface area contributed by atoms with Crippen molar-refractivity contribution < 1.29 is 101 Å². The van der Waals surface area contributed by atoms with Gasteiger partial charge in [-0.3, -0.25) is 112 Å². The van der Waals surface area contributed by atoms with Gasteiger partial charge in [-0.2, -0.15) is 0 Å². The minimum atomic E-state index is -3.55. The predicted molar refractivity (Wildman–Crippen MR) is 395 cm³/mol. The van der Waals surface area contributed by atoms with Crippen molar-refractivity contribution in [3.05, 3.63) is 92.5 Å². The maximum absolute atomic E-state index is 13.0. The van der Waals surface area contributed by atoms with Gasteiger partial charge >= 0.3 is 29.8 Å². The van der Waals surface area contributed by atoms with Gasteiger partial charge in [-0.05, 0) is 90.7 Å². The molecule has 2 saturated heterocycles. The lowest BCUT2D eigenvalue weighted by molar-refractivity contribution is -0.142. The van der Waals surface area contributed by atoms with Crippen LogP contribution in [0.4, 0.5) is 11.4 Å². The Labute approximate surface area is 624 Å². The zero-order valence-electron chi connectivity index (χ0n) is 60.3. The summed E-state index contributed by atoms with van der Waals surface area (Å²) in [6.45, 7) is 9.45. The Kier molecular flexibility index (Phi) is 35.7. The third-order valence-corrected chi connectivity index (χ3v) is 19.9. The molecule has 40 heteroatoms. The number of aliphatic carboxylic acids is 5. The number of nitrogens with one attached hydrogen (secondary N) is 7. The summed E-state index contributed by atoms with van der Waals surface area (Å²) in [6, 6.07) is 11.6. The monoisotopic (exact) mass is 1550 g/mol. The zero-order chi connectivity index (χ0) is 79.0. The van der Waals surface area contributed by atoms with Crippen molar-refractivity contribution in [1.29, 1.82) is 0 Å². The van der Waals surface area contributed by atoms with Gasteiger partial charge in [0, 0.05) is 157 Å². The first kappa shape index (κ1) is 87.5. The van der Waals surface area contributed by atoms with E-state index in [-0.39, 0.29) is 94.4 Å². The molecule has 1 atom stereocenters. The number of hydrogen-bond donors (Lipinski definition) is 12. The maximum atomic E-state index is 13.0. The van der Waals surface area contributed by atoms with Crippen molar-refractivity contribution >= 4 is 124 Å². The number of allylic oxidation sites excluding steroid dienone is 2. The minimum absolute atomic E-state index is 0.00416. The lowest BCUT2D eigenvalue weighted by Gasteiger charge is -2.29. The minimum Gasteiger partial charge on any atom is -0.480 e. The number of pyridine rings is 2. The smallest absolute Gasteiger partial charge is 0.327 e. The number of aryl methyl sites for hydroxylation is 2. The molecule has 0 radical (unpaired) electrons. The number of anilines is 2. The fraction of sp³-hybridized carbons (Fsp3) is 0.529. The molecule has 2 fully saturated rings. The molecule has 1 aliphatic carbocycles. The molecule has 2 aliphatic heterocycles. The number of H-pyrrole nitrogens is 2. The van der Waals surface area contributed by atoms with Gasteiger partial charge in [-0.15, -0.1) is 0 Å². The lowest BCUT2D eigenvalue weighted by Crippen LogP contribution is -2.49. The highest BCUT2D eigenvalue weighted by atomic mass is 33.1. The molecule has 3 aliphatic rings. The largest absolute Gasteiger partial charge is 0.480 e. The number of carboxylic acids is 5. The molecule has 4 aromatic rings. The van der Waals surface area contributed by atoms with E-state index in [2.05, 4.69) is 51.5 Å². The number of fused-ring (bicyclic) bond motifs is 2. The Morgan fingerprint density at radius 1 is 0.500 bits per heavy atom. The number of rotatable bonds is 38. The van der Waals surface area contributed by atoms with Crippen LogP contribution in [0.15, 0.2) is 70.3 Å². The van der Waals surface area contributed by atoms with Crippen LogP contribution in [0, 0.1) is 19.8 Å². The zero-order valence-corrected chi connectivity index (χ0v) is 62.0. The number of carboxylic acid groups (broad SMARTS) is 5. The molecule has 0 saturated carbocycles. The number of nitrogens with zero attached hydrogens (tertiary/aromatic N) is 8. The summed E-state index contributed by atoms with van der Waals surface area (Å²) in [7, 11) is -3.18. The number of aromatic nitrogens is 2. The van der Waals surface area contributed by atoms with Gasteiger partial charge < -0.3 is 60.9 Å². The SMILES string of the molecule is Cc1cc(NC(=O)CN(CCN2CCOCCN(CCN(CC(=O)O)CC(=O)NC(CSS(C)(=O)=O)C(=O)O)CC2)CC(=O)O)cc2[nH]c(=O)ccc12.Cc1cc(NC(=O)CN(CCN2CCOCCN(CCN(CC(=O)O)CC(=O)NNC(=O)CCC3C(=O)C=CC3=O)CC2)CC(=O)O)cc2[nH]c(=O)ccc12. The summed E-state index contributed by atoms with van der Waals surface area (Å²) < 4.78 is 34.4. The van der Waals surface area contributed by atoms with E-state index < -0.39 is 106 Å². The van der Waals surface area contributed by atoms with Crippen molar-refractivity contribution in [2.75, 3.05) is 206 Å². The number of benzene rings is 2.